The van der Waals surface area contributed by atoms with Crippen molar-refractivity contribution in [3.63, 3.8) is 0 Å². The van der Waals surface area contributed by atoms with E-state index in [9.17, 15) is 9.59 Å². The molecule has 0 spiro atoms. The molecule has 0 aromatic heterocycles. The molecule has 0 unspecified atom stereocenters. The Labute approximate surface area is 135 Å². The van der Waals surface area contributed by atoms with E-state index in [1.807, 2.05) is 30.3 Å². The average Bonchev–Trinajstić information content (AvgIpc) is 2.60. The second-order valence-corrected chi connectivity index (χ2v) is 5.08. The lowest BCUT2D eigenvalue weighted by molar-refractivity contribution is -0.297. The number of benzene rings is 1. The minimum absolute atomic E-state index is 0.0653. The van der Waals surface area contributed by atoms with Gasteiger partial charge in [0.05, 0.1) is 13.5 Å². The van der Waals surface area contributed by atoms with Gasteiger partial charge in [-0.25, -0.2) is 0 Å². The zero-order valence-electron chi connectivity index (χ0n) is 13.6. The molecule has 0 aliphatic carbocycles. The molecule has 6 nitrogen and oxygen atoms in total. The van der Waals surface area contributed by atoms with Gasteiger partial charge in [-0.2, -0.15) is 0 Å². The van der Waals surface area contributed by atoms with Gasteiger partial charge in [-0.05, 0) is 6.42 Å². The molecule has 0 fully saturated rings. The molecular formula is C17H21NO5. The summed E-state index contributed by atoms with van der Waals surface area (Å²) in [6.45, 7) is 0.431. The second kappa shape index (κ2) is 7.39. The molecule has 0 bridgehead atoms. The first kappa shape index (κ1) is 17.2. The Bertz CT molecular complexity index is 592. The summed E-state index contributed by atoms with van der Waals surface area (Å²) in [5.41, 5.74) is 1.09. The molecule has 1 amide bonds. The van der Waals surface area contributed by atoms with Crippen molar-refractivity contribution in [2.24, 2.45) is 0 Å². The van der Waals surface area contributed by atoms with Crippen molar-refractivity contribution in [2.45, 2.75) is 18.8 Å². The van der Waals surface area contributed by atoms with Gasteiger partial charge >= 0.3 is 5.97 Å². The lowest BCUT2D eigenvalue weighted by atomic mass is 10.0. The quantitative estimate of drug-likeness (QED) is 0.591. The number of esters is 1. The number of hydrogen-bond acceptors (Lipinski definition) is 5. The van der Waals surface area contributed by atoms with Crippen molar-refractivity contribution in [3.8, 4) is 0 Å². The highest BCUT2D eigenvalue weighted by molar-refractivity contribution is 5.98. The summed E-state index contributed by atoms with van der Waals surface area (Å²) in [5.74, 6) is -2.07. The van der Waals surface area contributed by atoms with Crippen LogP contribution in [0, 0.1) is 0 Å². The molecule has 23 heavy (non-hydrogen) atoms. The Morgan fingerprint density at radius 1 is 1.17 bits per heavy atom. The summed E-state index contributed by atoms with van der Waals surface area (Å²) < 4.78 is 15.9. The SMILES string of the molecule is COC(=O)CC1=CCCN(C(OC)(OC)c2ccccc2)C1=O. The van der Waals surface area contributed by atoms with E-state index in [1.54, 1.807) is 6.08 Å². The van der Waals surface area contributed by atoms with Crippen LogP contribution in [0.3, 0.4) is 0 Å². The predicted octanol–water partition coefficient (Wildman–Crippen LogP) is 1.81. The zero-order chi connectivity index (χ0) is 16.9. The van der Waals surface area contributed by atoms with Crippen molar-refractivity contribution < 1.29 is 23.8 Å². The minimum atomic E-state index is -1.33. The van der Waals surface area contributed by atoms with Crippen LogP contribution in [0.1, 0.15) is 18.4 Å². The third-order valence-electron chi connectivity index (χ3n) is 3.87. The van der Waals surface area contributed by atoms with Gasteiger partial charge in [-0.3, -0.25) is 14.5 Å². The number of carbonyl (C=O) groups excluding carboxylic acids is 2. The number of hydrogen-bond donors (Lipinski definition) is 0. The van der Waals surface area contributed by atoms with Gasteiger partial charge < -0.3 is 14.2 Å². The van der Waals surface area contributed by atoms with Crippen LogP contribution >= 0.6 is 0 Å². The Balaban J connectivity index is 2.36. The van der Waals surface area contributed by atoms with E-state index in [1.165, 1.54) is 26.2 Å². The molecule has 124 valence electrons. The van der Waals surface area contributed by atoms with Gasteiger partial charge in [0.1, 0.15) is 0 Å². The van der Waals surface area contributed by atoms with Gasteiger partial charge in [0, 0.05) is 31.9 Å². The fourth-order valence-corrected chi connectivity index (χ4v) is 2.73. The number of nitrogens with zero attached hydrogens (tertiary/aromatic N) is 1. The molecule has 0 N–H and O–H groups in total. The second-order valence-electron chi connectivity index (χ2n) is 5.08. The van der Waals surface area contributed by atoms with Gasteiger partial charge in [-0.15, -0.1) is 0 Å². The highest BCUT2D eigenvalue weighted by Gasteiger charge is 2.44. The van der Waals surface area contributed by atoms with Crippen LogP contribution in [-0.2, 0) is 29.7 Å². The molecule has 1 aromatic carbocycles. The standard InChI is InChI=1S/C17H21NO5/c1-21-15(19)12-13-8-7-11-18(16(13)20)17(22-2,23-3)14-9-5-4-6-10-14/h4-6,8-10H,7,11-12H2,1-3H3. The fourth-order valence-electron chi connectivity index (χ4n) is 2.73. The molecule has 1 aliphatic heterocycles. The van der Waals surface area contributed by atoms with E-state index >= 15 is 0 Å². The van der Waals surface area contributed by atoms with Gasteiger partial charge in [0.2, 0.25) is 0 Å². The van der Waals surface area contributed by atoms with Crippen LogP contribution in [0.2, 0.25) is 0 Å². The molecule has 0 radical (unpaired) electrons. The molecule has 6 heteroatoms. The summed E-state index contributed by atoms with van der Waals surface area (Å²) in [7, 11) is 4.27. The first-order chi connectivity index (χ1) is 11.1. The molecule has 0 saturated carbocycles. The molecule has 0 saturated heterocycles. The normalized spacial score (nSPS) is 15.3. The van der Waals surface area contributed by atoms with Crippen LogP contribution in [-0.4, -0.2) is 44.7 Å². The van der Waals surface area contributed by atoms with Crippen LogP contribution in [0.15, 0.2) is 42.0 Å². The van der Waals surface area contributed by atoms with Crippen molar-refractivity contribution in [1.29, 1.82) is 0 Å². The first-order valence-electron chi connectivity index (χ1n) is 7.32. The predicted molar refractivity (Wildman–Crippen MR) is 83.2 cm³/mol. The van der Waals surface area contributed by atoms with Crippen molar-refractivity contribution >= 4 is 11.9 Å². The van der Waals surface area contributed by atoms with Crippen LogP contribution in [0.25, 0.3) is 0 Å². The summed E-state index contributed by atoms with van der Waals surface area (Å²) in [6, 6.07) is 9.24. The summed E-state index contributed by atoms with van der Waals surface area (Å²) in [5, 5.41) is 0. The first-order valence-corrected chi connectivity index (χ1v) is 7.32. The number of methoxy groups -OCH3 is 3. The molecule has 1 aliphatic rings. The lowest BCUT2D eigenvalue weighted by Gasteiger charge is -2.42. The van der Waals surface area contributed by atoms with Gasteiger partial charge in [0.25, 0.3) is 11.8 Å². The Kier molecular flexibility index (Phi) is 5.52. The molecule has 0 atom stereocenters. The molecule has 1 heterocycles. The highest BCUT2D eigenvalue weighted by atomic mass is 16.7. The maximum Gasteiger partial charge on any atom is 0.310 e. The number of amides is 1. The van der Waals surface area contributed by atoms with Crippen LogP contribution in [0.4, 0.5) is 0 Å². The largest absolute Gasteiger partial charge is 0.469 e. The van der Waals surface area contributed by atoms with E-state index < -0.39 is 11.9 Å². The van der Waals surface area contributed by atoms with Gasteiger partial charge in [-0.1, -0.05) is 36.4 Å². The highest BCUT2D eigenvalue weighted by Crippen LogP contribution is 2.34. The summed E-state index contributed by atoms with van der Waals surface area (Å²) in [4.78, 5) is 25.8. The smallest absolute Gasteiger partial charge is 0.310 e. The molecule has 2 rings (SSSR count). The van der Waals surface area contributed by atoms with Gasteiger partial charge in [0.15, 0.2) is 0 Å². The van der Waals surface area contributed by atoms with E-state index in [0.29, 0.717) is 24.1 Å². The van der Waals surface area contributed by atoms with Crippen molar-refractivity contribution in [2.75, 3.05) is 27.9 Å². The van der Waals surface area contributed by atoms with Crippen LogP contribution in [0.5, 0.6) is 0 Å². The number of rotatable bonds is 6. The summed E-state index contributed by atoms with van der Waals surface area (Å²) in [6.07, 6.45) is 2.31. The van der Waals surface area contributed by atoms with Crippen molar-refractivity contribution in [1.82, 2.24) is 4.90 Å². The maximum atomic E-state index is 12.8. The summed E-state index contributed by atoms with van der Waals surface area (Å²) >= 11 is 0. The molecule has 1 aromatic rings. The van der Waals surface area contributed by atoms with Crippen molar-refractivity contribution in [3.05, 3.63) is 47.5 Å². The average molecular weight is 319 g/mol. The van der Waals surface area contributed by atoms with E-state index in [2.05, 4.69) is 4.74 Å². The maximum absolute atomic E-state index is 12.8. The Morgan fingerprint density at radius 2 is 1.83 bits per heavy atom. The Hall–Kier alpha value is -2.18. The lowest BCUT2D eigenvalue weighted by Crippen LogP contribution is -2.54. The fraction of sp³-hybridized carbons (Fsp3) is 0.412. The topological polar surface area (TPSA) is 65.1 Å². The zero-order valence-corrected chi connectivity index (χ0v) is 13.6. The number of carbonyl (C=O) groups is 2. The Morgan fingerprint density at radius 3 is 2.39 bits per heavy atom. The minimum Gasteiger partial charge on any atom is -0.469 e. The van der Waals surface area contributed by atoms with E-state index in [4.69, 9.17) is 9.47 Å². The van der Waals surface area contributed by atoms with E-state index in [0.717, 1.165) is 0 Å². The third-order valence-corrected chi connectivity index (χ3v) is 3.87. The monoisotopic (exact) mass is 319 g/mol. The number of ether oxygens (including phenoxy) is 3. The third kappa shape index (κ3) is 3.28. The molecular weight excluding hydrogens is 298 g/mol. The van der Waals surface area contributed by atoms with Crippen LogP contribution < -0.4 is 0 Å². The van der Waals surface area contributed by atoms with E-state index in [-0.39, 0.29) is 12.3 Å².